The molecule has 4 aromatic carbocycles. The number of rotatable bonds is 3. The standard InChI is InChI=1S/C21H25.C15H19.C13H10.2ClH.Zr/c1-20(2,3)16-7-9-18-14(12-16)11-15-13-17(21(4,5)6)8-10-19(15)18;1-2-4-14(3-1)15-8-11-5-12(9-15)7-13(6-11)10-15;1-3-7-12(8-4-1)11-13-9-5-2-6-10-13;;;/h7-10,12H,11H2,1-6H3;3-4,11-13H,1,5-10H2;1-10H;2*1H;/q2*-1;;;;+2/p-2. The molecule has 0 radical (unpaired) electrons. The second-order valence-electron chi connectivity index (χ2n) is 17.8. The van der Waals surface area contributed by atoms with Crippen molar-refractivity contribution in [2.45, 2.75) is 104 Å². The molecule has 4 fully saturated rings. The number of benzene rings is 4. The summed E-state index contributed by atoms with van der Waals surface area (Å²) >= 11 is 1.46. The molecule has 4 saturated carbocycles. The van der Waals surface area contributed by atoms with Gasteiger partial charge in [0.1, 0.15) is 0 Å². The van der Waals surface area contributed by atoms with Crippen LogP contribution in [0.1, 0.15) is 120 Å². The van der Waals surface area contributed by atoms with Crippen LogP contribution in [0.2, 0.25) is 0 Å². The summed E-state index contributed by atoms with van der Waals surface area (Å²) < 4.78 is 1.42. The van der Waals surface area contributed by atoms with Gasteiger partial charge in [-0.15, -0.1) is 17.5 Å². The van der Waals surface area contributed by atoms with Crippen LogP contribution in [0.5, 0.6) is 0 Å². The average molecular weight is 805 g/mol. The molecule has 270 valence electrons. The van der Waals surface area contributed by atoms with Crippen molar-refractivity contribution in [2.24, 2.45) is 23.2 Å². The Balaban J connectivity index is 0.000000151. The van der Waals surface area contributed by atoms with Gasteiger partial charge in [0.15, 0.2) is 0 Å². The van der Waals surface area contributed by atoms with E-state index in [-0.39, 0.29) is 35.6 Å². The zero-order valence-electron chi connectivity index (χ0n) is 32.0. The Hall–Kier alpha value is -2.31. The second kappa shape index (κ2) is 16.6. The van der Waals surface area contributed by atoms with Gasteiger partial charge in [-0.2, -0.15) is 35.4 Å². The summed E-state index contributed by atoms with van der Waals surface area (Å²) in [5.41, 5.74) is 13.7. The third kappa shape index (κ3) is 8.97. The Bertz CT molecular complexity index is 1760. The van der Waals surface area contributed by atoms with E-state index < -0.39 is 0 Å². The number of fused-ring (bicyclic) bond motifs is 3. The predicted molar refractivity (Wildman–Crippen MR) is 208 cm³/mol. The summed E-state index contributed by atoms with van der Waals surface area (Å²) in [6, 6.07) is 36.3. The molecule has 0 spiro atoms. The van der Waals surface area contributed by atoms with Crippen molar-refractivity contribution in [1.29, 1.82) is 0 Å². The fourth-order valence-electron chi connectivity index (χ4n) is 9.63. The summed E-state index contributed by atoms with van der Waals surface area (Å²) in [5, 5.41) is 0. The molecule has 10 rings (SSSR count). The Kier molecular flexibility index (Phi) is 13.0. The Labute approximate surface area is 342 Å². The molecule has 0 unspecified atom stereocenters. The molecule has 0 aliphatic heterocycles. The molecule has 6 aliphatic rings. The van der Waals surface area contributed by atoms with Gasteiger partial charge in [0.25, 0.3) is 0 Å². The van der Waals surface area contributed by atoms with Gasteiger partial charge in [-0.3, -0.25) is 6.08 Å². The minimum atomic E-state index is 0. The molecular formula is C49H54Cl2Zr-2. The van der Waals surface area contributed by atoms with Crippen molar-refractivity contribution in [3.63, 3.8) is 0 Å². The summed E-state index contributed by atoms with van der Waals surface area (Å²) in [4.78, 5) is 0. The van der Waals surface area contributed by atoms with E-state index in [1.165, 1.54) is 91.2 Å². The molecule has 0 amide bonds. The average Bonchev–Trinajstić information content (AvgIpc) is 3.77. The third-order valence-electron chi connectivity index (χ3n) is 11.9. The summed E-state index contributed by atoms with van der Waals surface area (Å²) in [6.45, 7) is 13.6. The summed E-state index contributed by atoms with van der Waals surface area (Å²) in [6.07, 6.45) is 19.4. The molecule has 0 nitrogen and oxygen atoms in total. The predicted octanol–water partition coefficient (Wildman–Crippen LogP) is 6.36. The van der Waals surface area contributed by atoms with Crippen LogP contribution in [0.4, 0.5) is 0 Å². The maximum atomic E-state index is 3.67. The molecule has 3 heteroatoms. The van der Waals surface area contributed by atoms with E-state index in [0.29, 0.717) is 5.41 Å². The van der Waals surface area contributed by atoms with Gasteiger partial charge >= 0.3 is 99.2 Å². The summed E-state index contributed by atoms with van der Waals surface area (Å²) in [7, 11) is 0. The number of allylic oxidation sites excluding steroid dienone is 4. The second-order valence-corrected chi connectivity index (χ2v) is 19.1. The van der Waals surface area contributed by atoms with Gasteiger partial charge in [0.05, 0.1) is 0 Å². The maximum absolute atomic E-state index is 3.67. The zero-order valence-corrected chi connectivity index (χ0v) is 35.9. The van der Waals surface area contributed by atoms with Crippen molar-refractivity contribution in [3.05, 3.63) is 154 Å². The molecule has 0 saturated heterocycles. The van der Waals surface area contributed by atoms with Crippen molar-refractivity contribution in [2.75, 3.05) is 0 Å². The first-order chi connectivity index (χ1) is 23.9. The fourth-order valence-corrected chi connectivity index (χ4v) is 10.5. The van der Waals surface area contributed by atoms with E-state index in [1.54, 1.807) is 24.8 Å². The van der Waals surface area contributed by atoms with Crippen molar-refractivity contribution < 1.29 is 49.0 Å². The normalized spacial score (nSPS) is 23.1. The Morgan fingerprint density at radius 1 is 0.673 bits per heavy atom. The molecule has 52 heavy (non-hydrogen) atoms. The van der Waals surface area contributed by atoms with Gasteiger partial charge in [0.2, 0.25) is 0 Å². The number of halogens is 2. The third-order valence-corrected chi connectivity index (χ3v) is 13.4. The van der Waals surface area contributed by atoms with Crippen LogP contribution in [0.15, 0.2) is 109 Å². The SMILES string of the molecule is CC(C)(C)c1[c-]c2c(cc1)-c1ccc(C(C)(C)C)cc1C2.[C-]1=CC(C23CC4CC(CC(C4)C2)C3)=CC1.[Cl-].[Cl-].[Zr+2]=[C](c1ccccc1)c1ccccc1. The molecule has 6 aliphatic carbocycles. The molecule has 0 aromatic heterocycles. The van der Waals surface area contributed by atoms with Crippen LogP contribution in [0.25, 0.3) is 11.1 Å². The van der Waals surface area contributed by atoms with E-state index in [9.17, 15) is 0 Å². The Morgan fingerprint density at radius 2 is 1.21 bits per heavy atom. The molecule has 0 N–H and O–H groups in total. The Morgan fingerprint density at radius 3 is 1.69 bits per heavy atom. The van der Waals surface area contributed by atoms with Crippen LogP contribution in [0, 0.1) is 35.3 Å². The monoisotopic (exact) mass is 802 g/mol. The van der Waals surface area contributed by atoms with Crippen molar-refractivity contribution >= 4 is 3.21 Å². The fraction of sp³-hybridized carbons (Fsp3) is 0.408. The number of hydrogen-bond donors (Lipinski definition) is 0. The van der Waals surface area contributed by atoms with Crippen LogP contribution in [-0.2, 0) is 41.5 Å². The van der Waals surface area contributed by atoms with Gasteiger partial charge in [-0.1, -0.05) is 90.0 Å². The quantitative estimate of drug-likeness (QED) is 0.187. The van der Waals surface area contributed by atoms with Gasteiger partial charge < -0.3 is 24.8 Å². The van der Waals surface area contributed by atoms with Gasteiger partial charge in [0, 0.05) is 0 Å². The van der Waals surface area contributed by atoms with Crippen LogP contribution in [0.3, 0.4) is 0 Å². The van der Waals surface area contributed by atoms with Gasteiger partial charge in [-0.25, -0.2) is 6.08 Å². The number of hydrogen-bond acceptors (Lipinski definition) is 0. The van der Waals surface area contributed by atoms with Crippen LogP contribution in [-0.4, -0.2) is 3.21 Å². The van der Waals surface area contributed by atoms with E-state index in [1.807, 2.05) is 0 Å². The zero-order chi connectivity index (χ0) is 35.1. The van der Waals surface area contributed by atoms with E-state index in [0.717, 1.165) is 30.6 Å². The topological polar surface area (TPSA) is 0 Å². The van der Waals surface area contributed by atoms with Crippen LogP contribution >= 0.6 is 0 Å². The molecule has 4 bridgehead atoms. The first-order valence-electron chi connectivity index (χ1n) is 19.0. The van der Waals surface area contributed by atoms with E-state index in [2.05, 4.69) is 157 Å². The van der Waals surface area contributed by atoms with E-state index in [4.69, 9.17) is 0 Å². The van der Waals surface area contributed by atoms with Gasteiger partial charge in [-0.05, 0) is 65.4 Å². The first-order valence-corrected chi connectivity index (χ1v) is 20.3. The molecule has 0 atom stereocenters. The van der Waals surface area contributed by atoms with Crippen molar-refractivity contribution in [3.8, 4) is 11.1 Å². The molecule has 4 aromatic rings. The molecular weight excluding hydrogens is 751 g/mol. The molecule has 0 heterocycles. The van der Waals surface area contributed by atoms with Crippen LogP contribution < -0.4 is 24.8 Å². The minimum absolute atomic E-state index is 0. The van der Waals surface area contributed by atoms with E-state index >= 15 is 0 Å². The van der Waals surface area contributed by atoms with Crippen molar-refractivity contribution in [1.82, 2.24) is 0 Å². The summed E-state index contributed by atoms with van der Waals surface area (Å²) in [5.74, 6) is 3.23. The first kappa shape index (κ1) is 40.9.